The van der Waals surface area contributed by atoms with Crippen LogP contribution in [0.15, 0.2) is 11.7 Å². The van der Waals surface area contributed by atoms with E-state index in [1.165, 1.54) is 4.88 Å². The third kappa shape index (κ3) is 3.01. The molecule has 2 heterocycles. The van der Waals surface area contributed by atoms with Crippen molar-refractivity contribution in [2.24, 2.45) is 0 Å². The number of thiazole rings is 1. The number of hydrogen-bond acceptors (Lipinski definition) is 5. The first-order valence-corrected chi connectivity index (χ1v) is 6.52. The lowest BCUT2D eigenvalue weighted by atomic mass is 10.1. The van der Waals surface area contributed by atoms with E-state index < -0.39 is 0 Å². The van der Waals surface area contributed by atoms with Gasteiger partial charge in [0.15, 0.2) is 0 Å². The molecule has 1 saturated heterocycles. The maximum Gasteiger partial charge on any atom is 0.0858 e. The van der Waals surface area contributed by atoms with Crippen LogP contribution in [0.4, 0.5) is 0 Å². The molecule has 0 amide bonds. The van der Waals surface area contributed by atoms with Gasteiger partial charge in [-0.25, -0.2) is 0 Å². The van der Waals surface area contributed by atoms with Gasteiger partial charge in [-0.2, -0.15) is 0 Å². The van der Waals surface area contributed by atoms with Gasteiger partial charge >= 0.3 is 0 Å². The molecule has 1 N–H and O–H groups in total. The quantitative estimate of drug-likeness (QED) is 0.838. The standard InChI is InChI=1S/C11H19N3OS/c1-12-10(5-9-6-13-8-16-9)11-7-14(2)3-4-15-11/h6,8,10-12H,3-5,7H2,1-2H3. The smallest absolute Gasteiger partial charge is 0.0858 e. The van der Waals surface area contributed by atoms with E-state index in [9.17, 15) is 0 Å². The van der Waals surface area contributed by atoms with E-state index >= 15 is 0 Å². The number of nitrogens with one attached hydrogen (secondary N) is 1. The van der Waals surface area contributed by atoms with Crippen molar-refractivity contribution in [1.82, 2.24) is 15.2 Å². The predicted molar refractivity (Wildman–Crippen MR) is 65.9 cm³/mol. The first kappa shape index (κ1) is 12.0. The average Bonchev–Trinajstić information content (AvgIpc) is 2.78. The minimum Gasteiger partial charge on any atom is -0.374 e. The van der Waals surface area contributed by atoms with Crippen molar-refractivity contribution in [3.05, 3.63) is 16.6 Å². The van der Waals surface area contributed by atoms with Gasteiger partial charge in [0.25, 0.3) is 0 Å². The third-order valence-electron chi connectivity index (χ3n) is 3.02. The molecule has 2 atom stereocenters. The number of ether oxygens (including phenoxy) is 1. The fourth-order valence-electron chi connectivity index (χ4n) is 2.03. The summed E-state index contributed by atoms with van der Waals surface area (Å²) in [6, 6.07) is 0.378. The molecule has 0 bridgehead atoms. The Labute approximate surface area is 101 Å². The van der Waals surface area contributed by atoms with Gasteiger partial charge in [-0.05, 0) is 14.1 Å². The number of aromatic nitrogens is 1. The van der Waals surface area contributed by atoms with Crippen LogP contribution in [0.2, 0.25) is 0 Å². The van der Waals surface area contributed by atoms with Gasteiger partial charge < -0.3 is 15.0 Å². The van der Waals surface area contributed by atoms with Crippen LogP contribution >= 0.6 is 11.3 Å². The van der Waals surface area contributed by atoms with Crippen molar-refractivity contribution in [1.29, 1.82) is 0 Å². The highest BCUT2D eigenvalue weighted by atomic mass is 32.1. The summed E-state index contributed by atoms with van der Waals surface area (Å²) in [7, 11) is 4.15. The van der Waals surface area contributed by atoms with Crippen LogP contribution in [-0.4, -0.2) is 55.8 Å². The van der Waals surface area contributed by atoms with Crippen molar-refractivity contribution in [2.45, 2.75) is 18.6 Å². The minimum atomic E-state index is 0.283. The largest absolute Gasteiger partial charge is 0.374 e. The van der Waals surface area contributed by atoms with Crippen molar-refractivity contribution in [3.63, 3.8) is 0 Å². The first-order chi connectivity index (χ1) is 7.79. The van der Waals surface area contributed by atoms with Gasteiger partial charge in [-0.3, -0.25) is 4.98 Å². The van der Waals surface area contributed by atoms with Gasteiger partial charge in [0.05, 0.1) is 18.2 Å². The second-order valence-electron chi connectivity index (χ2n) is 4.24. The lowest BCUT2D eigenvalue weighted by Crippen LogP contribution is -2.51. The van der Waals surface area contributed by atoms with Crippen molar-refractivity contribution < 1.29 is 4.74 Å². The summed E-state index contributed by atoms with van der Waals surface area (Å²) in [5, 5.41) is 3.36. The molecule has 1 aromatic heterocycles. The number of morpholine rings is 1. The molecular weight excluding hydrogens is 222 g/mol. The molecule has 0 aromatic carbocycles. The second kappa shape index (κ2) is 5.72. The van der Waals surface area contributed by atoms with Crippen molar-refractivity contribution in [3.8, 4) is 0 Å². The maximum atomic E-state index is 5.83. The molecule has 4 nitrogen and oxygen atoms in total. The van der Waals surface area contributed by atoms with Crippen LogP contribution in [0.1, 0.15) is 4.88 Å². The summed E-state index contributed by atoms with van der Waals surface area (Å²) >= 11 is 1.71. The summed E-state index contributed by atoms with van der Waals surface area (Å²) in [6.45, 7) is 2.87. The fourth-order valence-corrected chi connectivity index (χ4v) is 2.69. The Hall–Kier alpha value is -0.490. The third-order valence-corrected chi connectivity index (χ3v) is 3.82. The highest BCUT2D eigenvalue weighted by molar-refractivity contribution is 7.09. The van der Waals surface area contributed by atoms with Gasteiger partial charge in [-0.15, -0.1) is 11.3 Å². The van der Waals surface area contributed by atoms with E-state index in [2.05, 4.69) is 22.2 Å². The van der Waals surface area contributed by atoms with Crippen LogP contribution in [0.5, 0.6) is 0 Å². The Bertz CT molecular complexity index is 304. The summed E-state index contributed by atoms with van der Waals surface area (Å²) in [6.07, 6.45) is 3.23. The fraction of sp³-hybridized carbons (Fsp3) is 0.727. The Morgan fingerprint density at radius 3 is 3.25 bits per heavy atom. The van der Waals surface area contributed by atoms with E-state index in [4.69, 9.17) is 4.74 Å². The molecule has 1 aliphatic heterocycles. The molecule has 2 rings (SSSR count). The van der Waals surface area contributed by atoms with Gasteiger partial charge in [0.2, 0.25) is 0 Å². The summed E-state index contributed by atoms with van der Waals surface area (Å²) in [4.78, 5) is 7.75. The highest BCUT2D eigenvalue weighted by Gasteiger charge is 2.26. The predicted octanol–water partition coefficient (Wildman–Crippen LogP) is 0.604. The zero-order valence-electron chi connectivity index (χ0n) is 9.85. The van der Waals surface area contributed by atoms with Crippen LogP contribution in [-0.2, 0) is 11.2 Å². The summed E-state index contributed by atoms with van der Waals surface area (Å²) < 4.78 is 5.83. The topological polar surface area (TPSA) is 37.4 Å². The van der Waals surface area contributed by atoms with Crippen LogP contribution < -0.4 is 5.32 Å². The molecule has 2 unspecified atom stereocenters. The SMILES string of the molecule is CNC(Cc1cncs1)C1CN(C)CCO1. The van der Waals surface area contributed by atoms with Gasteiger partial charge in [0.1, 0.15) is 0 Å². The monoisotopic (exact) mass is 241 g/mol. The second-order valence-corrected chi connectivity index (χ2v) is 5.21. The maximum absolute atomic E-state index is 5.83. The Balaban J connectivity index is 1.93. The zero-order valence-corrected chi connectivity index (χ0v) is 10.7. The molecular formula is C11H19N3OS. The molecule has 16 heavy (non-hydrogen) atoms. The number of nitrogens with zero attached hydrogens (tertiary/aromatic N) is 2. The van der Waals surface area contributed by atoms with E-state index in [1.807, 2.05) is 18.8 Å². The molecule has 0 saturated carbocycles. The molecule has 1 fully saturated rings. The summed E-state index contributed by atoms with van der Waals surface area (Å²) in [5.74, 6) is 0. The van der Waals surface area contributed by atoms with E-state index in [-0.39, 0.29) is 6.10 Å². The van der Waals surface area contributed by atoms with Crippen LogP contribution in [0.25, 0.3) is 0 Å². The lowest BCUT2D eigenvalue weighted by Gasteiger charge is -2.34. The van der Waals surface area contributed by atoms with Crippen LogP contribution in [0, 0.1) is 0 Å². The molecule has 1 aliphatic rings. The Kier molecular flexibility index (Phi) is 4.29. The summed E-state index contributed by atoms with van der Waals surface area (Å²) in [5.41, 5.74) is 1.88. The van der Waals surface area contributed by atoms with E-state index in [0.29, 0.717) is 6.04 Å². The lowest BCUT2D eigenvalue weighted by molar-refractivity contribution is -0.0370. The first-order valence-electron chi connectivity index (χ1n) is 5.64. The van der Waals surface area contributed by atoms with E-state index in [0.717, 1.165) is 26.1 Å². The van der Waals surface area contributed by atoms with Crippen molar-refractivity contribution >= 4 is 11.3 Å². The Morgan fingerprint density at radius 1 is 1.75 bits per heavy atom. The van der Waals surface area contributed by atoms with Gasteiger partial charge in [0, 0.05) is 36.6 Å². The number of likely N-dealkylation sites (N-methyl/N-ethyl adjacent to an activating group) is 2. The number of hydrogen-bond donors (Lipinski definition) is 1. The Morgan fingerprint density at radius 2 is 2.62 bits per heavy atom. The minimum absolute atomic E-state index is 0.283. The number of rotatable bonds is 4. The van der Waals surface area contributed by atoms with E-state index in [1.54, 1.807) is 11.3 Å². The molecule has 0 aliphatic carbocycles. The van der Waals surface area contributed by atoms with Crippen molar-refractivity contribution in [2.75, 3.05) is 33.8 Å². The highest BCUT2D eigenvalue weighted by Crippen LogP contribution is 2.14. The average molecular weight is 241 g/mol. The zero-order chi connectivity index (χ0) is 11.4. The van der Waals surface area contributed by atoms with Crippen LogP contribution in [0.3, 0.4) is 0 Å². The molecule has 0 radical (unpaired) electrons. The normalized spacial score (nSPS) is 24.5. The molecule has 1 aromatic rings. The molecule has 0 spiro atoms. The molecule has 5 heteroatoms. The molecule has 90 valence electrons. The van der Waals surface area contributed by atoms with Gasteiger partial charge in [-0.1, -0.05) is 0 Å².